The van der Waals surface area contributed by atoms with Gasteiger partial charge in [-0.25, -0.2) is 8.42 Å². The molecule has 3 heterocycles. The van der Waals surface area contributed by atoms with E-state index in [0.717, 1.165) is 44.3 Å². The van der Waals surface area contributed by atoms with E-state index in [9.17, 15) is 18.0 Å². The lowest BCUT2D eigenvalue weighted by Gasteiger charge is -2.34. The number of benzene rings is 1. The van der Waals surface area contributed by atoms with Gasteiger partial charge in [0.05, 0.1) is 11.9 Å². The summed E-state index contributed by atoms with van der Waals surface area (Å²) >= 11 is 0. The summed E-state index contributed by atoms with van der Waals surface area (Å²) in [4.78, 5) is 29.9. The van der Waals surface area contributed by atoms with E-state index in [1.807, 2.05) is 15.9 Å². The minimum Gasteiger partial charge on any atom is -0.342 e. The lowest BCUT2D eigenvalue weighted by molar-refractivity contribution is -0.136. The van der Waals surface area contributed by atoms with Crippen molar-refractivity contribution in [1.82, 2.24) is 9.80 Å². The topological polar surface area (TPSA) is 78.0 Å². The summed E-state index contributed by atoms with van der Waals surface area (Å²) in [5.74, 6) is 0.262. The molecule has 0 saturated carbocycles. The average Bonchev–Trinajstić information content (AvgIpc) is 3.06. The highest BCUT2D eigenvalue weighted by atomic mass is 32.2. The molecule has 0 aliphatic carbocycles. The molecule has 0 aromatic heterocycles. The number of aryl methyl sites for hydroxylation is 1. The normalized spacial score (nSPS) is 20.9. The number of nitrogens with zero attached hydrogens (tertiary/aromatic N) is 3. The van der Waals surface area contributed by atoms with Gasteiger partial charge in [0.25, 0.3) is 5.91 Å². The minimum absolute atomic E-state index is 0.0222. The van der Waals surface area contributed by atoms with Crippen LogP contribution in [0.25, 0.3) is 0 Å². The first kappa shape index (κ1) is 22.1. The second-order valence-electron chi connectivity index (χ2n) is 9.09. The smallest absolute Gasteiger partial charge is 0.253 e. The van der Waals surface area contributed by atoms with Gasteiger partial charge in [-0.1, -0.05) is 12.8 Å². The molecule has 4 rings (SSSR count). The monoisotopic (exact) mass is 447 g/mol. The van der Waals surface area contributed by atoms with Gasteiger partial charge in [-0.15, -0.1) is 0 Å². The molecule has 0 bridgehead atoms. The van der Waals surface area contributed by atoms with Gasteiger partial charge in [-0.3, -0.25) is 13.9 Å². The molecule has 0 unspecified atom stereocenters. The molecule has 3 aliphatic heterocycles. The number of sulfonamides is 1. The van der Waals surface area contributed by atoms with Crippen LogP contribution in [-0.2, 0) is 21.2 Å². The Morgan fingerprint density at radius 2 is 1.55 bits per heavy atom. The van der Waals surface area contributed by atoms with Crippen molar-refractivity contribution in [3.05, 3.63) is 29.3 Å². The van der Waals surface area contributed by atoms with Crippen LogP contribution in [0.15, 0.2) is 18.2 Å². The number of amides is 2. The molecular formula is C23H33N3O4S. The van der Waals surface area contributed by atoms with Crippen molar-refractivity contribution in [3.63, 3.8) is 0 Å². The van der Waals surface area contributed by atoms with Crippen molar-refractivity contribution >= 4 is 27.5 Å². The number of hydrogen-bond acceptors (Lipinski definition) is 4. The molecule has 1 aromatic rings. The SMILES string of the molecule is CS(=O)(=O)N1CCCc2cc(C(=O)N3CCC(C(=O)N4CCCCCC4)CC3)ccc21. The molecular weight excluding hydrogens is 414 g/mol. The fourth-order valence-corrected chi connectivity index (χ4v) is 6.10. The number of anilines is 1. The molecule has 8 heteroatoms. The molecule has 7 nitrogen and oxygen atoms in total. The first-order chi connectivity index (χ1) is 14.8. The highest BCUT2D eigenvalue weighted by Gasteiger charge is 2.31. The zero-order valence-corrected chi connectivity index (χ0v) is 19.2. The first-order valence-corrected chi connectivity index (χ1v) is 13.4. The Labute approximate surface area is 185 Å². The summed E-state index contributed by atoms with van der Waals surface area (Å²) < 4.78 is 25.5. The van der Waals surface area contributed by atoms with Crippen molar-refractivity contribution in [3.8, 4) is 0 Å². The zero-order chi connectivity index (χ0) is 22.0. The van der Waals surface area contributed by atoms with Crippen molar-refractivity contribution in [2.24, 2.45) is 5.92 Å². The number of hydrogen-bond donors (Lipinski definition) is 0. The van der Waals surface area contributed by atoms with Crippen molar-refractivity contribution in [1.29, 1.82) is 0 Å². The van der Waals surface area contributed by atoms with E-state index < -0.39 is 10.0 Å². The van der Waals surface area contributed by atoms with E-state index in [2.05, 4.69) is 0 Å². The Bertz CT molecular complexity index is 930. The minimum atomic E-state index is -3.32. The van der Waals surface area contributed by atoms with E-state index >= 15 is 0 Å². The van der Waals surface area contributed by atoms with Crippen LogP contribution in [-0.4, -0.2) is 69.0 Å². The highest BCUT2D eigenvalue weighted by molar-refractivity contribution is 7.92. The molecule has 170 valence electrons. The third kappa shape index (κ3) is 4.89. The molecule has 0 N–H and O–H groups in total. The molecule has 2 saturated heterocycles. The fourth-order valence-electron chi connectivity index (χ4n) is 5.10. The number of carbonyl (C=O) groups is 2. The fraction of sp³-hybridized carbons (Fsp3) is 0.652. The van der Waals surface area contributed by atoms with Crippen molar-refractivity contribution in [2.75, 3.05) is 43.3 Å². The predicted molar refractivity (Wildman–Crippen MR) is 121 cm³/mol. The number of likely N-dealkylation sites (tertiary alicyclic amines) is 2. The van der Waals surface area contributed by atoms with Crippen LogP contribution in [0.1, 0.15) is 60.9 Å². The number of rotatable bonds is 3. The Hall–Kier alpha value is -2.09. The summed E-state index contributed by atoms with van der Waals surface area (Å²) in [6.07, 6.45) is 8.78. The molecule has 1 aromatic carbocycles. The van der Waals surface area contributed by atoms with Gasteiger partial charge in [-0.05, 0) is 62.3 Å². The van der Waals surface area contributed by atoms with Crippen molar-refractivity contribution < 1.29 is 18.0 Å². The Balaban J connectivity index is 1.39. The average molecular weight is 448 g/mol. The van der Waals surface area contributed by atoms with Crippen LogP contribution >= 0.6 is 0 Å². The van der Waals surface area contributed by atoms with Gasteiger partial charge in [-0.2, -0.15) is 0 Å². The van der Waals surface area contributed by atoms with Gasteiger partial charge >= 0.3 is 0 Å². The van der Waals surface area contributed by atoms with Crippen LogP contribution in [0.2, 0.25) is 0 Å². The second-order valence-corrected chi connectivity index (χ2v) is 11.0. The third-order valence-electron chi connectivity index (χ3n) is 6.85. The van der Waals surface area contributed by atoms with Crippen LogP contribution < -0.4 is 4.31 Å². The molecule has 0 atom stereocenters. The lowest BCUT2D eigenvalue weighted by atomic mass is 9.94. The Morgan fingerprint density at radius 3 is 2.19 bits per heavy atom. The maximum atomic E-state index is 13.1. The van der Waals surface area contributed by atoms with E-state index in [-0.39, 0.29) is 17.7 Å². The van der Waals surface area contributed by atoms with E-state index in [0.29, 0.717) is 43.7 Å². The summed E-state index contributed by atoms with van der Waals surface area (Å²) in [5, 5.41) is 0. The Morgan fingerprint density at radius 1 is 0.871 bits per heavy atom. The Kier molecular flexibility index (Phi) is 6.55. The zero-order valence-electron chi connectivity index (χ0n) is 18.4. The molecule has 3 aliphatic rings. The lowest BCUT2D eigenvalue weighted by Crippen LogP contribution is -2.44. The van der Waals surface area contributed by atoms with Gasteiger partial charge < -0.3 is 9.80 Å². The summed E-state index contributed by atoms with van der Waals surface area (Å²) in [5.41, 5.74) is 2.20. The van der Waals surface area contributed by atoms with E-state index in [1.54, 1.807) is 12.1 Å². The maximum Gasteiger partial charge on any atom is 0.253 e. The van der Waals surface area contributed by atoms with Crippen LogP contribution in [0.4, 0.5) is 5.69 Å². The molecule has 0 spiro atoms. The highest BCUT2D eigenvalue weighted by Crippen LogP contribution is 2.31. The van der Waals surface area contributed by atoms with E-state index in [1.165, 1.54) is 23.4 Å². The summed E-state index contributed by atoms with van der Waals surface area (Å²) in [7, 11) is -3.32. The summed E-state index contributed by atoms with van der Waals surface area (Å²) in [6, 6.07) is 5.35. The van der Waals surface area contributed by atoms with Crippen LogP contribution in [0.3, 0.4) is 0 Å². The number of piperidine rings is 1. The third-order valence-corrected chi connectivity index (χ3v) is 8.03. The van der Waals surface area contributed by atoms with Gasteiger partial charge in [0.2, 0.25) is 15.9 Å². The van der Waals surface area contributed by atoms with E-state index in [4.69, 9.17) is 0 Å². The molecule has 2 fully saturated rings. The summed E-state index contributed by atoms with van der Waals surface area (Å²) in [6.45, 7) is 3.41. The second kappa shape index (κ2) is 9.18. The van der Waals surface area contributed by atoms with Crippen molar-refractivity contribution in [2.45, 2.75) is 51.4 Å². The maximum absolute atomic E-state index is 13.1. The largest absolute Gasteiger partial charge is 0.342 e. The van der Waals surface area contributed by atoms with Gasteiger partial charge in [0, 0.05) is 44.2 Å². The number of carbonyl (C=O) groups excluding carboxylic acids is 2. The standard InChI is InChI=1S/C23H33N3O4S/c1-31(29,30)26-14-6-7-19-17-20(8-9-21(19)26)23(28)25-15-10-18(11-16-25)22(27)24-12-4-2-3-5-13-24/h8-9,17-18H,2-7,10-16H2,1H3. The predicted octanol–water partition coefficient (Wildman–Crippen LogP) is 2.65. The van der Waals surface area contributed by atoms with Crippen LogP contribution in [0, 0.1) is 5.92 Å². The van der Waals surface area contributed by atoms with Crippen LogP contribution in [0.5, 0.6) is 0 Å². The molecule has 0 radical (unpaired) electrons. The van der Waals surface area contributed by atoms with Gasteiger partial charge in [0.1, 0.15) is 0 Å². The number of fused-ring (bicyclic) bond motifs is 1. The quantitative estimate of drug-likeness (QED) is 0.714. The van der Waals surface area contributed by atoms with Gasteiger partial charge in [0.15, 0.2) is 0 Å². The molecule has 31 heavy (non-hydrogen) atoms. The molecule has 2 amide bonds. The first-order valence-electron chi connectivity index (χ1n) is 11.5.